The summed E-state index contributed by atoms with van der Waals surface area (Å²) in [6.45, 7) is 1.36. The van der Waals surface area contributed by atoms with Gasteiger partial charge in [-0.1, -0.05) is 12.1 Å². The molecule has 1 aliphatic heterocycles. The predicted molar refractivity (Wildman–Crippen MR) is 84.3 cm³/mol. The van der Waals surface area contributed by atoms with E-state index in [0.717, 1.165) is 13.0 Å². The standard InChI is InChI=1S/C14H20N4O3S/c1-18(2)9-5-8-15-13(19)10-16-14-11-6-3-4-7-12(11)22(20,21)17-14/h3-4,6-7H,5,8-10H2,1-2H3,(H,15,19)(H,16,17). The average Bonchev–Trinajstić information content (AvgIpc) is 2.73. The van der Waals surface area contributed by atoms with Gasteiger partial charge in [0.1, 0.15) is 12.4 Å². The molecule has 7 nitrogen and oxygen atoms in total. The Kier molecular flexibility index (Phi) is 5.15. The number of sulfonamides is 1. The Hall–Kier alpha value is -1.93. The highest BCUT2D eigenvalue weighted by molar-refractivity contribution is 7.90. The van der Waals surface area contributed by atoms with E-state index in [1.165, 1.54) is 6.07 Å². The van der Waals surface area contributed by atoms with Crippen molar-refractivity contribution in [2.24, 2.45) is 4.99 Å². The molecule has 0 bridgehead atoms. The molecule has 0 radical (unpaired) electrons. The number of hydrogen-bond acceptors (Lipinski definition) is 5. The molecule has 0 spiro atoms. The first-order valence-corrected chi connectivity index (χ1v) is 8.46. The van der Waals surface area contributed by atoms with Crippen LogP contribution in [0.4, 0.5) is 0 Å². The third kappa shape index (κ3) is 4.05. The Labute approximate surface area is 130 Å². The number of carbonyl (C=O) groups excluding carboxylic acids is 1. The van der Waals surface area contributed by atoms with Gasteiger partial charge in [0.25, 0.3) is 10.0 Å². The summed E-state index contributed by atoms with van der Waals surface area (Å²) >= 11 is 0. The van der Waals surface area contributed by atoms with Gasteiger partial charge in [0.05, 0.1) is 4.90 Å². The second kappa shape index (κ2) is 6.89. The van der Waals surface area contributed by atoms with Crippen molar-refractivity contribution in [1.82, 2.24) is 14.9 Å². The maximum Gasteiger partial charge on any atom is 0.263 e. The highest BCUT2D eigenvalue weighted by Gasteiger charge is 2.30. The lowest BCUT2D eigenvalue weighted by Gasteiger charge is -2.09. The van der Waals surface area contributed by atoms with Gasteiger partial charge in [-0.3, -0.25) is 14.5 Å². The van der Waals surface area contributed by atoms with Gasteiger partial charge in [0.2, 0.25) is 5.91 Å². The Morgan fingerprint density at radius 2 is 2.05 bits per heavy atom. The van der Waals surface area contributed by atoms with Crippen molar-refractivity contribution >= 4 is 21.8 Å². The summed E-state index contributed by atoms with van der Waals surface area (Å²) < 4.78 is 26.1. The lowest BCUT2D eigenvalue weighted by Crippen LogP contribution is -2.30. The van der Waals surface area contributed by atoms with Gasteiger partial charge in [-0.25, -0.2) is 8.42 Å². The Morgan fingerprint density at radius 1 is 1.32 bits per heavy atom. The van der Waals surface area contributed by atoms with E-state index in [4.69, 9.17) is 0 Å². The minimum absolute atomic E-state index is 0.103. The van der Waals surface area contributed by atoms with Gasteiger partial charge in [-0.05, 0) is 39.2 Å². The molecule has 1 aromatic rings. The van der Waals surface area contributed by atoms with Gasteiger partial charge < -0.3 is 10.2 Å². The van der Waals surface area contributed by atoms with Crippen molar-refractivity contribution in [3.8, 4) is 0 Å². The van der Waals surface area contributed by atoms with Crippen LogP contribution in [0, 0.1) is 0 Å². The van der Waals surface area contributed by atoms with Crippen molar-refractivity contribution in [3.63, 3.8) is 0 Å². The van der Waals surface area contributed by atoms with Crippen LogP contribution in [0.5, 0.6) is 0 Å². The van der Waals surface area contributed by atoms with E-state index < -0.39 is 10.0 Å². The van der Waals surface area contributed by atoms with Gasteiger partial charge >= 0.3 is 0 Å². The third-order valence-electron chi connectivity index (χ3n) is 3.15. The summed E-state index contributed by atoms with van der Waals surface area (Å²) in [6, 6.07) is 6.57. The zero-order chi connectivity index (χ0) is 16.2. The number of amidine groups is 1. The van der Waals surface area contributed by atoms with Crippen LogP contribution in [0.1, 0.15) is 12.0 Å². The van der Waals surface area contributed by atoms with E-state index in [1.54, 1.807) is 18.2 Å². The molecule has 22 heavy (non-hydrogen) atoms. The third-order valence-corrected chi connectivity index (χ3v) is 4.54. The molecule has 2 rings (SSSR count). The van der Waals surface area contributed by atoms with Crippen LogP contribution in [0.15, 0.2) is 34.2 Å². The van der Waals surface area contributed by atoms with Gasteiger partial charge in [-0.15, -0.1) is 0 Å². The van der Waals surface area contributed by atoms with E-state index in [9.17, 15) is 13.2 Å². The smallest absolute Gasteiger partial charge is 0.263 e. The van der Waals surface area contributed by atoms with Gasteiger partial charge in [-0.2, -0.15) is 0 Å². The number of fused-ring (bicyclic) bond motifs is 1. The number of nitrogens with zero attached hydrogens (tertiary/aromatic N) is 2. The number of rotatable bonds is 6. The summed E-state index contributed by atoms with van der Waals surface area (Å²) in [6.07, 6.45) is 0.852. The normalized spacial score (nSPS) is 17.3. The van der Waals surface area contributed by atoms with Gasteiger partial charge in [0.15, 0.2) is 0 Å². The van der Waals surface area contributed by atoms with Crippen LogP contribution < -0.4 is 10.0 Å². The fourth-order valence-electron chi connectivity index (χ4n) is 2.08. The SMILES string of the molecule is CN(C)CCCNC(=O)CN=C1NS(=O)(=O)c2ccccc21. The molecule has 0 unspecified atom stereocenters. The second-order valence-corrected chi connectivity index (χ2v) is 6.92. The summed E-state index contributed by atoms with van der Waals surface area (Å²) in [5.74, 6) is -0.00567. The van der Waals surface area contributed by atoms with Crippen molar-refractivity contribution in [2.75, 3.05) is 33.7 Å². The van der Waals surface area contributed by atoms with Crippen LogP contribution in [-0.2, 0) is 14.8 Å². The van der Waals surface area contributed by atoms with E-state index in [2.05, 4.69) is 15.0 Å². The number of nitrogens with one attached hydrogen (secondary N) is 2. The minimum Gasteiger partial charge on any atom is -0.354 e. The van der Waals surface area contributed by atoms with Crippen molar-refractivity contribution in [1.29, 1.82) is 0 Å². The molecule has 1 aliphatic rings. The van der Waals surface area contributed by atoms with Crippen molar-refractivity contribution in [3.05, 3.63) is 29.8 Å². The lowest BCUT2D eigenvalue weighted by molar-refractivity contribution is -0.119. The molecular weight excluding hydrogens is 304 g/mol. The quantitative estimate of drug-likeness (QED) is 0.709. The molecule has 1 heterocycles. The number of aliphatic imine (C=N–C) groups is 1. The summed E-state index contributed by atoms with van der Waals surface area (Å²) in [4.78, 5) is 18.0. The Balaban J connectivity index is 1.93. The molecular formula is C14H20N4O3S. The fourth-order valence-corrected chi connectivity index (χ4v) is 3.33. The topological polar surface area (TPSA) is 90.9 Å². The van der Waals surface area contributed by atoms with Crippen LogP contribution in [0.3, 0.4) is 0 Å². The molecule has 0 saturated carbocycles. The molecule has 0 atom stereocenters. The Morgan fingerprint density at radius 3 is 2.77 bits per heavy atom. The predicted octanol–water partition coefficient (Wildman–Crippen LogP) is -0.207. The molecule has 2 N–H and O–H groups in total. The maximum atomic E-state index is 11.9. The van der Waals surface area contributed by atoms with E-state index in [-0.39, 0.29) is 23.2 Å². The zero-order valence-electron chi connectivity index (χ0n) is 12.7. The first kappa shape index (κ1) is 16.4. The molecule has 0 saturated heterocycles. The highest BCUT2D eigenvalue weighted by atomic mass is 32.2. The minimum atomic E-state index is -3.55. The Bertz CT molecular complexity index is 683. The highest BCUT2D eigenvalue weighted by Crippen LogP contribution is 2.21. The number of amides is 1. The summed E-state index contributed by atoms with van der Waals surface area (Å²) in [5.41, 5.74) is 0.503. The van der Waals surface area contributed by atoms with E-state index in [1.807, 2.05) is 19.0 Å². The molecule has 120 valence electrons. The first-order valence-electron chi connectivity index (χ1n) is 6.98. The van der Waals surface area contributed by atoms with Crippen molar-refractivity contribution in [2.45, 2.75) is 11.3 Å². The largest absolute Gasteiger partial charge is 0.354 e. The molecule has 1 aromatic carbocycles. The van der Waals surface area contributed by atoms with Crippen LogP contribution >= 0.6 is 0 Å². The number of carbonyl (C=O) groups is 1. The number of hydrogen-bond donors (Lipinski definition) is 2. The van der Waals surface area contributed by atoms with Crippen LogP contribution in [0.25, 0.3) is 0 Å². The lowest BCUT2D eigenvalue weighted by atomic mass is 10.2. The summed E-state index contributed by atoms with van der Waals surface area (Å²) in [5, 5.41) is 2.76. The molecule has 0 aromatic heterocycles. The number of benzene rings is 1. The fraction of sp³-hybridized carbons (Fsp3) is 0.429. The van der Waals surface area contributed by atoms with E-state index >= 15 is 0 Å². The van der Waals surface area contributed by atoms with Gasteiger partial charge in [0, 0.05) is 12.1 Å². The second-order valence-electron chi connectivity index (χ2n) is 5.27. The molecule has 0 aliphatic carbocycles. The maximum absolute atomic E-state index is 11.9. The molecule has 0 fully saturated rings. The monoisotopic (exact) mass is 324 g/mol. The van der Waals surface area contributed by atoms with E-state index in [0.29, 0.717) is 12.1 Å². The van der Waals surface area contributed by atoms with Crippen LogP contribution in [0.2, 0.25) is 0 Å². The zero-order valence-corrected chi connectivity index (χ0v) is 13.5. The molecule has 8 heteroatoms. The molecule has 1 amide bonds. The van der Waals surface area contributed by atoms with Crippen LogP contribution in [-0.4, -0.2) is 58.8 Å². The summed E-state index contributed by atoms with van der Waals surface area (Å²) in [7, 11) is 0.388. The first-order chi connectivity index (χ1) is 10.4. The van der Waals surface area contributed by atoms with Crippen molar-refractivity contribution < 1.29 is 13.2 Å². The average molecular weight is 324 g/mol.